The van der Waals surface area contributed by atoms with Gasteiger partial charge in [0, 0.05) is 12.8 Å². The quantitative estimate of drug-likeness (QED) is 0.755. The molecule has 3 aliphatic heterocycles. The second-order valence-electron chi connectivity index (χ2n) is 8.32. The summed E-state index contributed by atoms with van der Waals surface area (Å²) in [4.78, 5) is 0. The lowest BCUT2D eigenvalue weighted by molar-refractivity contribution is -0.427. The fourth-order valence-electron chi connectivity index (χ4n) is 5.60. The van der Waals surface area contributed by atoms with Crippen LogP contribution in [0.2, 0.25) is 0 Å². The number of aliphatic hydroxyl groups is 2. The standard InChI is InChI=1S/C18H28O6/c19-11-18-14(22-17(24-18)9-5-2-6-10-17)12(20)13-15(23-18)16(21-13)7-3-1-4-8-16/h12-15,19-20H,1-11H2. The lowest BCUT2D eigenvalue weighted by atomic mass is 9.70. The van der Waals surface area contributed by atoms with Gasteiger partial charge in [-0.25, -0.2) is 0 Å². The van der Waals surface area contributed by atoms with Gasteiger partial charge >= 0.3 is 0 Å². The Morgan fingerprint density at radius 3 is 2.12 bits per heavy atom. The summed E-state index contributed by atoms with van der Waals surface area (Å²) < 4.78 is 25.0. The molecule has 3 saturated heterocycles. The summed E-state index contributed by atoms with van der Waals surface area (Å²) in [7, 11) is 0. The minimum Gasteiger partial charge on any atom is -0.391 e. The molecule has 0 amide bonds. The van der Waals surface area contributed by atoms with E-state index in [1.54, 1.807) is 0 Å². The second-order valence-corrected chi connectivity index (χ2v) is 8.32. The first-order valence-corrected chi connectivity index (χ1v) is 9.65. The van der Waals surface area contributed by atoms with Crippen molar-refractivity contribution in [2.75, 3.05) is 6.61 Å². The van der Waals surface area contributed by atoms with Crippen LogP contribution < -0.4 is 0 Å². The van der Waals surface area contributed by atoms with Crippen LogP contribution in [0.3, 0.4) is 0 Å². The van der Waals surface area contributed by atoms with Gasteiger partial charge in [-0.1, -0.05) is 25.7 Å². The molecule has 6 nitrogen and oxygen atoms in total. The minimum atomic E-state index is -1.24. The zero-order valence-electron chi connectivity index (χ0n) is 14.1. The van der Waals surface area contributed by atoms with Gasteiger partial charge in [-0.15, -0.1) is 0 Å². The van der Waals surface area contributed by atoms with Crippen LogP contribution in [0.1, 0.15) is 64.2 Å². The lowest BCUT2D eigenvalue weighted by Gasteiger charge is -2.62. The Balaban J connectivity index is 1.44. The third kappa shape index (κ3) is 2.04. The highest BCUT2D eigenvalue weighted by molar-refractivity contribution is 5.15. The van der Waals surface area contributed by atoms with Crippen LogP contribution in [0.25, 0.3) is 0 Å². The largest absolute Gasteiger partial charge is 0.391 e. The zero-order valence-corrected chi connectivity index (χ0v) is 14.1. The zero-order chi connectivity index (χ0) is 16.4. The maximum Gasteiger partial charge on any atom is 0.224 e. The van der Waals surface area contributed by atoms with Crippen molar-refractivity contribution < 1.29 is 29.2 Å². The minimum absolute atomic E-state index is 0.210. The van der Waals surface area contributed by atoms with Crippen molar-refractivity contribution in [3.05, 3.63) is 0 Å². The molecule has 6 heteroatoms. The van der Waals surface area contributed by atoms with Crippen LogP contribution in [-0.2, 0) is 18.9 Å². The molecule has 0 radical (unpaired) electrons. The smallest absolute Gasteiger partial charge is 0.224 e. The second kappa shape index (κ2) is 5.38. The molecule has 24 heavy (non-hydrogen) atoms. The Labute approximate surface area is 142 Å². The topological polar surface area (TPSA) is 77.4 Å². The van der Waals surface area contributed by atoms with Crippen LogP contribution in [0.15, 0.2) is 0 Å². The molecule has 5 rings (SSSR count). The van der Waals surface area contributed by atoms with E-state index < -0.39 is 23.8 Å². The number of ether oxygens (including phenoxy) is 4. The lowest BCUT2D eigenvalue weighted by Crippen LogP contribution is -2.78. The molecule has 5 aliphatic rings. The van der Waals surface area contributed by atoms with Gasteiger partial charge in [0.1, 0.15) is 31.0 Å². The molecule has 5 fully saturated rings. The summed E-state index contributed by atoms with van der Waals surface area (Å²) in [5.74, 6) is -1.96. The van der Waals surface area contributed by atoms with Crippen molar-refractivity contribution in [3.63, 3.8) is 0 Å². The maximum atomic E-state index is 10.9. The highest BCUT2D eigenvalue weighted by atomic mass is 16.9. The van der Waals surface area contributed by atoms with Crippen LogP contribution >= 0.6 is 0 Å². The Hall–Kier alpha value is -0.240. The van der Waals surface area contributed by atoms with Crippen molar-refractivity contribution in [3.8, 4) is 0 Å². The summed E-state index contributed by atoms with van der Waals surface area (Å²) in [5, 5.41) is 21.0. The maximum absolute atomic E-state index is 10.9. The van der Waals surface area contributed by atoms with E-state index in [1.807, 2.05) is 0 Å². The summed E-state index contributed by atoms with van der Waals surface area (Å²) >= 11 is 0. The molecule has 2 N–H and O–H groups in total. The molecule has 0 aromatic rings. The van der Waals surface area contributed by atoms with Crippen LogP contribution in [0.5, 0.6) is 0 Å². The van der Waals surface area contributed by atoms with Crippen molar-refractivity contribution >= 4 is 0 Å². The average Bonchev–Trinajstić information content (AvgIpc) is 2.93. The Morgan fingerprint density at radius 2 is 1.46 bits per heavy atom. The fraction of sp³-hybridized carbons (Fsp3) is 1.00. The molecule has 2 aliphatic carbocycles. The summed E-state index contributed by atoms with van der Waals surface area (Å²) in [6, 6.07) is 0. The van der Waals surface area contributed by atoms with E-state index in [1.165, 1.54) is 12.8 Å². The van der Waals surface area contributed by atoms with E-state index in [0.29, 0.717) is 0 Å². The molecule has 0 aromatic carbocycles. The SMILES string of the molecule is OCC12OC3C(OC34CCCCC4)C(O)C1OC1(CCCCC1)O2. The van der Waals surface area contributed by atoms with Gasteiger partial charge in [0.25, 0.3) is 0 Å². The third-order valence-corrected chi connectivity index (χ3v) is 6.83. The first-order chi connectivity index (χ1) is 11.6. The third-order valence-electron chi connectivity index (χ3n) is 6.83. The van der Waals surface area contributed by atoms with Crippen molar-refractivity contribution in [2.45, 2.75) is 106 Å². The average molecular weight is 340 g/mol. The van der Waals surface area contributed by atoms with Gasteiger partial charge < -0.3 is 29.2 Å². The molecule has 2 spiro atoms. The number of rotatable bonds is 1. The summed E-state index contributed by atoms with van der Waals surface area (Å²) in [6.45, 7) is -0.296. The fourth-order valence-corrected chi connectivity index (χ4v) is 5.60. The van der Waals surface area contributed by atoms with Crippen molar-refractivity contribution in [1.29, 1.82) is 0 Å². The highest BCUT2D eigenvalue weighted by Crippen LogP contribution is 2.56. The van der Waals surface area contributed by atoms with E-state index >= 15 is 0 Å². The first kappa shape index (κ1) is 16.0. The number of hydrogen-bond acceptors (Lipinski definition) is 6. The van der Waals surface area contributed by atoms with Crippen LogP contribution in [0, 0.1) is 0 Å². The highest BCUT2D eigenvalue weighted by Gasteiger charge is 2.72. The summed E-state index contributed by atoms with van der Waals surface area (Å²) in [5.41, 5.74) is -0.303. The predicted molar refractivity (Wildman–Crippen MR) is 83.2 cm³/mol. The van der Waals surface area contributed by atoms with Gasteiger partial charge in [0.2, 0.25) is 5.79 Å². The number of aliphatic hydroxyl groups excluding tert-OH is 2. The van der Waals surface area contributed by atoms with Gasteiger partial charge in [0.05, 0.1) is 5.60 Å². The molecule has 3 heterocycles. The molecular formula is C18H28O6. The molecular weight excluding hydrogens is 312 g/mol. The number of hydrogen-bond donors (Lipinski definition) is 2. The van der Waals surface area contributed by atoms with Crippen molar-refractivity contribution in [1.82, 2.24) is 0 Å². The Kier molecular flexibility index (Phi) is 3.58. The molecule has 5 atom stereocenters. The predicted octanol–water partition coefficient (Wildman–Crippen LogP) is 1.61. The molecule has 0 bridgehead atoms. The molecule has 5 unspecified atom stereocenters. The first-order valence-electron chi connectivity index (χ1n) is 9.65. The van der Waals surface area contributed by atoms with Gasteiger partial charge in [-0.05, 0) is 25.7 Å². The van der Waals surface area contributed by atoms with E-state index in [2.05, 4.69) is 0 Å². The van der Waals surface area contributed by atoms with E-state index in [9.17, 15) is 10.2 Å². The van der Waals surface area contributed by atoms with Crippen LogP contribution in [0.4, 0.5) is 0 Å². The van der Waals surface area contributed by atoms with Crippen molar-refractivity contribution in [2.24, 2.45) is 0 Å². The van der Waals surface area contributed by atoms with Gasteiger partial charge in [0.15, 0.2) is 5.79 Å². The molecule has 2 saturated carbocycles. The van der Waals surface area contributed by atoms with Gasteiger partial charge in [-0.3, -0.25) is 0 Å². The summed E-state index contributed by atoms with van der Waals surface area (Å²) in [6.07, 6.45) is 8.16. The molecule has 0 aromatic heterocycles. The van der Waals surface area contributed by atoms with E-state index in [4.69, 9.17) is 18.9 Å². The Morgan fingerprint density at radius 1 is 0.792 bits per heavy atom. The van der Waals surface area contributed by atoms with E-state index in [0.717, 1.165) is 51.4 Å². The van der Waals surface area contributed by atoms with E-state index in [-0.39, 0.29) is 24.4 Å². The monoisotopic (exact) mass is 340 g/mol. The van der Waals surface area contributed by atoms with Gasteiger partial charge in [-0.2, -0.15) is 0 Å². The Bertz CT molecular complexity index is 498. The normalized spacial score (nSPS) is 48.8. The number of fused-ring (bicyclic) bond motifs is 3. The van der Waals surface area contributed by atoms with Crippen LogP contribution in [-0.4, -0.2) is 58.4 Å². The molecule has 136 valence electrons.